The summed E-state index contributed by atoms with van der Waals surface area (Å²) in [4.78, 5) is 0. The van der Waals surface area contributed by atoms with Crippen molar-refractivity contribution in [1.82, 2.24) is 5.32 Å². The third-order valence-electron chi connectivity index (χ3n) is 3.89. The van der Waals surface area contributed by atoms with Crippen LogP contribution in [0.5, 0.6) is 0 Å². The Morgan fingerprint density at radius 2 is 1.88 bits per heavy atom. The van der Waals surface area contributed by atoms with Gasteiger partial charge in [-0.1, -0.05) is 43.7 Å². The summed E-state index contributed by atoms with van der Waals surface area (Å²) in [6, 6.07) is 9.13. The summed E-state index contributed by atoms with van der Waals surface area (Å²) < 4.78 is 0. The zero-order chi connectivity index (χ0) is 11.5. The van der Waals surface area contributed by atoms with E-state index in [1.807, 2.05) is 0 Å². The molecule has 88 valence electrons. The Bertz CT molecular complexity index is 326. The zero-order valence-corrected chi connectivity index (χ0v) is 10.7. The van der Waals surface area contributed by atoms with Crippen LogP contribution in [0.15, 0.2) is 24.3 Å². The van der Waals surface area contributed by atoms with Gasteiger partial charge in [0, 0.05) is 0 Å². The van der Waals surface area contributed by atoms with E-state index in [2.05, 4.69) is 50.4 Å². The molecular weight excluding hydrogens is 194 g/mol. The molecule has 0 amide bonds. The van der Waals surface area contributed by atoms with Gasteiger partial charge in [0.1, 0.15) is 0 Å². The third-order valence-corrected chi connectivity index (χ3v) is 3.89. The quantitative estimate of drug-likeness (QED) is 0.801. The second-order valence-electron chi connectivity index (χ2n) is 5.42. The van der Waals surface area contributed by atoms with E-state index in [1.165, 1.54) is 30.6 Å². The fourth-order valence-corrected chi connectivity index (χ4v) is 2.81. The predicted octanol–water partition coefficient (Wildman–Crippen LogP) is 3.34. The lowest BCUT2D eigenvalue weighted by Gasteiger charge is -2.35. The fraction of sp³-hybridized carbons (Fsp3) is 0.600. The molecule has 2 rings (SSSR count). The summed E-state index contributed by atoms with van der Waals surface area (Å²) in [5, 5.41) is 3.53. The van der Waals surface area contributed by atoms with Crippen LogP contribution in [-0.4, -0.2) is 13.1 Å². The highest BCUT2D eigenvalue weighted by Gasteiger charge is 2.28. The van der Waals surface area contributed by atoms with E-state index in [9.17, 15) is 0 Å². The summed E-state index contributed by atoms with van der Waals surface area (Å²) in [5.41, 5.74) is 2.89. The van der Waals surface area contributed by atoms with Gasteiger partial charge in [-0.25, -0.2) is 0 Å². The molecule has 0 radical (unpaired) electrons. The van der Waals surface area contributed by atoms with E-state index >= 15 is 0 Å². The molecule has 0 aliphatic carbocycles. The van der Waals surface area contributed by atoms with Crippen molar-refractivity contribution >= 4 is 0 Å². The molecule has 1 heterocycles. The van der Waals surface area contributed by atoms with Gasteiger partial charge in [0.2, 0.25) is 0 Å². The summed E-state index contributed by atoms with van der Waals surface area (Å²) in [5.74, 6) is 2.30. The highest BCUT2D eigenvalue weighted by atomic mass is 14.9. The smallest absolute Gasteiger partial charge is 0.00122 e. The summed E-state index contributed by atoms with van der Waals surface area (Å²) in [6.45, 7) is 9.20. The van der Waals surface area contributed by atoms with Gasteiger partial charge in [-0.15, -0.1) is 0 Å². The SMILES string of the molecule is Cc1ccc(C2CCNCC2C(C)C)cc1. The van der Waals surface area contributed by atoms with Crippen LogP contribution in [-0.2, 0) is 0 Å². The van der Waals surface area contributed by atoms with Crippen LogP contribution in [0.2, 0.25) is 0 Å². The van der Waals surface area contributed by atoms with Crippen LogP contribution in [0.1, 0.15) is 37.3 Å². The van der Waals surface area contributed by atoms with Gasteiger partial charge in [-0.05, 0) is 49.8 Å². The number of piperidine rings is 1. The number of aryl methyl sites for hydroxylation is 1. The van der Waals surface area contributed by atoms with Crippen molar-refractivity contribution in [3.05, 3.63) is 35.4 Å². The van der Waals surface area contributed by atoms with E-state index < -0.39 is 0 Å². The van der Waals surface area contributed by atoms with Crippen molar-refractivity contribution in [2.24, 2.45) is 11.8 Å². The molecule has 1 aliphatic rings. The number of benzene rings is 1. The molecule has 0 aromatic heterocycles. The van der Waals surface area contributed by atoms with E-state index in [1.54, 1.807) is 0 Å². The maximum atomic E-state index is 3.53. The largest absolute Gasteiger partial charge is 0.316 e. The first-order valence-corrected chi connectivity index (χ1v) is 6.46. The Hall–Kier alpha value is -0.820. The van der Waals surface area contributed by atoms with Crippen LogP contribution in [0, 0.1) is 18.8 Å². The van der Waals surface area contributed by atoms with Gasteiger partial charge in [-0.2, -0.15) is 0 Å². The molecule has 1 nitrogen and oxygen atoms in total. The van der Waals surface area contributed by atoms with Crippen LogP contribution in [0.4, 0.5) is 0 Å². The molecule has 1 aliphatic heterocycles. The topological polar surface area (TPSA) is 12.0 Å². The van der Waals surface area contributed by atoms with Crippen molar-refractivity contribution in [1.29, 1.82) is 0 Å². The first-order chi connectivity index (χ1) is 7.68. The van der Waals surface area contributed by atoms with Crippen molar-refractivity contribution in [3.63, 3.8) is 0 Å². The molecule has 1 N–H and O–H groups in total. The van der Waals surface area contributed by atoms with Crippen LogP contribution < -0.4 is 5.32 Å². The minimum atomic E-state index is 0.752. The number of rotatable bonds is 2. The molecule has 1 fully saturated rings. The zero-order valence-electron chi connectivity index (χ0n) is 10.7. The van der Waals surface area contributed by atoms with E-state index in [0.717, 1.165) is 17.8 Å². The Labute approximate surface area is 99.3 Å². The highest BCUT2D eigenvalue weighted by molar-refractivity contribution is 5.25. The second kappa shape index (κ2) is 5.01. The normalized spacial score (nSPS) is 26.0. The Kier molecular flexibility index (Phi) is 3.65. The van der Waals surface area contributed by atoms with Crippen LogP contribution in [0.3, 0.4) is 0 Å². The maximum absolute atomic E-state index is 3.53. The number of hydrogen-bond donors (Lipinski definition) is 1. The molecule has 1 aromatic carbocycles. The van der Waals surface area contributed by atoms with E-state index in [4.69, 9.17) is 0 Å². The minimum Gasteiger partial charge on any atom is -0.316 e. The predicted molar refractivity (Wildman–Crippen MR) is 69.7 cm³/mol. The lowest BCUT2D eigenvalue weighted by molar-refractivity contribution is 0.255. The molecule has 1 saturated heterocycles. The average molecular weight is 217 g/mol. The highest BCUT2D eigenvalue weighted by Crippen LogP contribution is 2.34. The second-order valence-corrected chi connectivity index (χ2v) is 5.42. The van der Waals surface area contributed by atoms with Gasteiger partial charge >= 0.3 is 0 Å². The van der Waals surface area contributed by atoms with Gasteiger partial charge in [0.25, 0.3) is 0 Å². The molecule has 1 aromatic rings. The summed E-state index contributed by atoms with van der Waals surface area (Å²) >= 11 is 0. The monoisotopic (exact) mass is 217 g/mol. The van der Waals surface area contributed by atoms with Crippen molar-refractivity contribution in [3.8, 4) is 0 Å². The molecule has 0 saturated carbocycles. The van der Waals surface area contributed by atoms with E-state index in [0.29, 0.717) is 0 Å². The molecule has 1 heteroatoms. The average Bonchev–Trinajstić information content (AvgIpc) is 2.30. The minimum absolute atomic E-state index is 0.752. The van der Waals surface area contributed by atoms with Gasteiger partial charge in [0.05, 0.1) is 0 Å². The summed E-state index contributed by atoms with van der Waals surface area (Å²) in [6.07, 6.45) is 1.28. The lowest BCUT2D eigenvalue weighted by atomic mass is 9.75. The van der Waals surface area contributed by atoms with Crippen LogP contribution >= 0.6 is 0 Å². The van der Waals surface area contributed by atoms with E-state index in [-0.39, 0.29) is 0 Å². The molecule has 2 unspecified atom stereocenters. The number of hydrogen-bond acceptors (Lipinski definition) is 1. The lowest BCUT2D eigenvalue weighted by Crippen LogP contribution is -2.38. The third kappa shape index (κ3) is 2.46. The standard InChI is InChI=1S/C15H23N/c1-11(2)15-10-16-9-8-14(15)13-6-4-12(3)5-7-13/h4-7,11,14-16H,8-10H2,1-3H3. The Morgan fingerprint density at radius 1 is 1.19 bits per heavy atom. The molecule has 2 atom stereocenters. The molecule has 0 spiro atoms. The molecular formula is C15H23N. The van der Waals surface area contributed by atoms with Crippen molar-refractivity contribution in [2.45, 2.75) is 33.1 Å². The van der Waals surface area contributed by atoms with Gasteiger partial charge in [0.15, 0.2) is 0 Å². The van der Waals surface area contributed by atoms with Gasteiger partial charge in [-0.3, -0.25) is 0 Å². The Morgan fingerprint density at radius 3 is 2.50 bits per heavy atom. The van der Waals surface area contributed by atoms with Crippen molar-refractivity contribution in [2.75, 3.05) is 13.1 Å². The maximum Gasteiger partial charge on any atom is -0.00122 e. The molecule has 16 heavy (non-hydrogen) atoms. The summed E-state index contributed by atoms with van der Waals surface area (Å²) in [7, 11) is 0. The molecule has 0 bridgehead atoms. The first kappa shape index (κ1) is 11.7. The number of nitrogens with one attached hydrogen (secondary N) is 1. The van der Waals surface area contributed by atoms with Crippen LogP contribution in [0.25, 0.3) is 0 Å². The Balaban J connectivity index is 2.19. The first-order valence-electron chi connectivity index (χ1n) is 6.46. The fourth-order valence-electron chi connectivity index (χ4n) is 2.81. The van der Waals surface area contributed by atoms with Crippen molar-refractivity contribution < 1.29 is 0 Å². The van der Waals surface area contributed by atoms with Gasteiger partial charge < -0.3 is 5.32 Å².